The van der Waals surface area contributed by atoms with E-state index in [2.05, 4.69) is 32.6 Å². The zero-order valence-electron chi connectivity index (χ0n) is 16.1. The van der Waals surface area contributed by atoms with Gasteiger partial charge in [0, 0.05) is 29.8 Å². The highest BCUT2D eigenvalue weighted by atomic mass is 16.5. The lowest BCUT2D eigenvalue weighted by Gasteiger charge is -2.32. The molecule has 140 valence electrons. The van der Waals surface area contributed by atoms with Crippen LogP contribution in [0.4, 0.5) is 0 Å². The van der Waals surface area contributed by atoms with Crippen LogP contribution in [0.15, 0.2) is 54.6 Å². The van der Waals surface area contributed by atoms with E-state index >= 15 is 0 Å². The summed E-state index contributed by atoms with van der Waals surface area (Å²) >= 11 is 0. The molecule has 0 heterocycles. The van der Waals surface area contributed by atoms with Gasteiger partial charge in [0.15, 0.2) is 5.78 Å². The minimum absolute atomic E-state index is 0.0123. The molecule has 0 saturated carbocycles. The SMILES string of the molecule is CC(C)N(C[C@@H](O)COc1ccc(C(=O)c2ccccc2)cc1)C(C)C. The molecule has 2 rings (SSSR count). The average molecular weight is 355 g/mol. The Morgan fingerprint density at radius 2 is 1.46 bits per heavy atom. The van der Waals surface area contributed by atoms with Gasteiger partial charge in [0.2, 0.25) is 0 Å². The van der Waals surface area contributed by atoms with Crippen molar-refractivity contribution in [1.29, 1.82) is 0 Å². The van der Waals surface area contributed by atoms with Crippen LogP contribution >= 0.6 is 0 Å². The lowest BCUT2D eigenvalue weighted by atomic mass is 10.0. The first-order chi connectivity index (χ1) is 12.4. The minimum atomic E-state index is -0.564. The summed E-state index contributed by atoms with van der Waals surface area (Å²) in [4.78, 5) is 14.6. The van der Waals surface area contributed by atoms with E-state index in [4.69, 9.17) is 4.74 Å². The predicted molar refractivity (Wildman–Crippen MR) is 105 cm³/mol. The summed E-state index contributed by atoms with van der Waals surface area (Å²) in [7, 11) is 0. The Labute approximate surface area is 156 Å². The fraction of sp³-hybridized carbons (Fsp3) is 0.409. The maximum Gasteiger partial charge on any atom is 0.193 e. The molecule has 0 radical (unpaired) electrons. The molecule has 0 unspecified atom stereocenters. The molecule has 4 heteroatoms. The van der Waals surface area contributed by atoms with Crippen molar-refractivity contribution in [2.24, 2.45) is 0 Å². The van der Waals surface area contributed by atoms with Gasteiger partial charge in [-0.15, -0.1) is 0 Å². The molecule has 2 aromatic rings. The summed E-state index contributed by atoms with van der Waals surface area (Å²) in [5.41, 5.74) is 1.29. The quantitative estimate of drug-likeness (QED) is 0.696. The fourth-order valence-electron chi connectivity index (χ4n) is 2.97. The molecule has 1 N–H and O–H groups in total. The van der Waals surface area contributed by atoms with Crippen LogP contribution < -0.4 is 4.74 Å². The number of ketones is 1. The molecule has 0 saturated heterocycles. The summed E-state index contributed by atoms with van der Waals surface area (Å²) < 4.78 is 5.68. The maximum absolute atomic E-state index is 12.4. The van der Waals surface area contributed by atoms with Gasteiger partial charge in [0.05, 0.1) is 0 Å². The van der Waals surface area contributed by atoms with Crippen LogP contribution in [0.1, 0.15) is 43.6 Å². The number of rotatable bonds is 9. The highest BCUT2D eigenvalue weighted by molar-refractivity contribution is 6.08. The van der Waals surface area contributed by atoms with Crippen LogP contribution in [-0.2, 0) is 0 Å². The van der Waals surface area contributed by atoms with Crippen molar-refractivity contribution in [3.05, 3.63) is 65.7 Å². The minimum Gasteiger partial charge on any atom is -0.491 e. The number of aliphatic hydroxyl groups is 1. The van der Waals surface area contributed by atoms with Gasteiger partial charge in [-0.1, -0.05) is 30.3 Å². The Hall–Kier alpha value is -2.17. The molecule has 4 nitrogen and oxygen atoms in total. The smallest absolute Gasteiger partial charge is 0.193 e. The molecule has 0 spiro atoms. The summed E-state index contributed by atoms with van der Waals surface area (Å²) in [6.45, 7) is 9.28. The van der Waals surface area contributed by atoms with Crippen LogP contribution in [0, 0.1) is 0 Å². The molecule has 2 aromatic carbocycles. The number of benzene rings is 2. The fourth-order valence-corrected chi connectivity index (χ4v) is 2.97. The number of nitrogens with zero attached hydrogens (tertiary/aromatic N) is 1. The summed E-state index contributed by atoms with van der Waals surface area (Å²) in [6, 6.07) is 17.0. The van der Waals surface area contributed by atoms with Crippen molar-refractivity contribution >= 4 is 5.78 Å². The zero-order chi connectivity index (χ0) is 19.1. The van der Waals surface area contributed by atoms with E-state index in [0.717, 1.165) is 0 Å². The van der Waals surface area contributed by atoms with Crippen LogP contribution in [-0.4, -0.2) is 47.1 Å². The van der Waals surface area contributed by atoms with E-state index < -0.39 is 6.10 Å². The highest BCUT2D eigenvalue weighted by Crippen LogP contribution is 2.16. The van der Waals surface area contributed by atoms with E-state index in [1.807, 2.05) is 18.2 Å². The number of carbonyl (C=O) groups excluding carboxylic acids is 1. The van der Waals surface area contributed by atoms with Crippen LogP contribution in [0.3, 0.4) is 0 Å². The Bertz CT molecular complexity index is 672. The van der Waals surface area contributed by atoms with E-state index in [1.54, 1.807) is 36.4 Å². The molecular formula is C22H29NO3. The largest absolute Gasteiger partial charge is 0.491 e. The number of hydrogen-bond donors (Lipinski definition) is 1. The summed E-state index contributed by atoms with van der Waals surface area (Å²) in [5, 5.41) is 10.2. The third-order valence-corrected chi connectivity index (χ3v) is 4.34. The first-order valence-corrected chi connectivity index (χ1v) is 9.15. The maximum atomic E-state index is 12.4. The molecule has 0 aliphatic rings. The second kappa shape index (κ2) is 9.51. The predicted octanol–water partition coefficient (Wildman–Crippen LogP) is 3.78. The van der Waals surface area contributed by atoms with Gasteiger partial charge >= 0.3 is 0 Å². The summed E-state index contributed by atoms with van der Waals surface area (Å²) in [6.07, 6.45) is -0.564. The van der Waals surface area contributed by atoms with Gasteiger partial charge < -0.3 is 9.84 Å². The van der Waals surface area contributed by atoms with Crippen LogP contribution in [0.2, 0.25) is 0 Å². The summed E-state index contributed by atoms with van der Waals surface area (Å²) in [5.74, 6) is 0.635. The molecule has 0 amide bonds. The number of ether oxygens (including phenoxy) is 1. The Balaban J connectivity index is 1.90. The standard InChI is InChI=1S/C22H29NO3/c1-16(2)23(17(3)4)14-20(24)15-26-21-12-10-19(11-13-21)22(25)18-8-6-5-7-9-18/h5-13,16-17,20,24H,14-15H2,1-4H3/t20-/m1/s1. The molecular weight excluding hydrogens is 326 g/mol. The average Bonchev–Trinajstić information content (AvgIpc) is 2.64. The van der Waals surface area contributed by atoms with Gasteiger partial charge in [-0.2, -0.15) is 0 Å². The van der Waals surface area contributed by atoms with E-state index in [9.17, 15) is 9.90 Å². The third-order valence-electron chi connectivity index (χ3n) is 4.34. The molecule has 1 atom stereocenters. The van der Waals surface area contributed by atoms with E-state index in [1.165, 1.54) is 0 Å². The third kappa shape index (κ3) is 5.68. The van der Waals surface area contributed by atoms with Crippen molar-refractivity contribution in [2.45, 2.75) is 45.9 Å². The molecule has 26 heavy (non-hydrogen) atoms. The Morgan fingerprint density at radius 3 is 2.00 bits per heavy atom. The van der Waals surface area contributed by atoms with Gasteiger partial charge in [-0.3, -0.25) is 9.69 Å². The second-order valence-corrected chi connectivity index (χ2v) is 7.07. The molecule has 0 bridgehead atoms. The van der Waals surface area contributed by atoms with Gasteiger partial charge in [-0.25, -0.2) is 0 Å². The Morgan fingerprint density at radius 1 is 0.923 bits per heavy atom. The van der Waals surface area contributed by atoms with Gasteiger partial charge in [-0.05, 0) is 52.0 Å². The molecule has 0 fully saturated rings. The lowest BCUT2D eigenvalue weighted by molar-refractivity contribution is 0.0445. The molecule has 0 aliphatic heterocycles. The highest BCUT2D eigenvalue weighted by Gasteiger charge is 2.18. The number of aliphatic hydroxyl groups excluding tert-OH is 1. The Kier molecular flexibility index (Phi) is 7.37. The van der Waals surface area contributed by atoms with Crippen LogP contribution in [0.25, 0.3) is 0 Å². The van der Waals surface area contributed by atoms with Crippen molar-refractivity contribution in [3.63, 3.8) is 0 Å². The van der Waals surface area contributed by atoms with Crippen molar-refractivity contribution in [2.75, 3.05) is 13.2 Å². The van der Waals surface area contributed by atoms with Crippen molar-refractivity contribution in [3.8, 4) is 5.75 Å². The first kappa shape index (κ1) is 20.1. The van der Waals surface area contributed by atoms with Crippen molar-refractivity contribution < 1.29 is 14.6 Å². The van der Waals surface area contributed by atoms with Gasteiger partial charge in [0.1, 0.15) is 18.5 Å². The van der Waals surface area contributed by atoms with E-state index in [-0.39, 0.29) is 12.4 Å². The van der Waals surface area contributed by atoms with Crippen LogP contribution in [0.5, 0.6) is 5.75 Å². The van der Waals surface area contributed by atoms with Crippen molar-refractivity contribution in [1.82, 2.24) is 4.90 Å². The topological polar surface area (TPSA) is 49.8 Å². The monoisotopic (exact) mass is 355 g/mol. The number of carbonyl (C=O) groups is 1. The first-order valence-electron chi connectivity index (χ1n) is 9.15. The lowest BCUT2D eigenvalue weighted by Crippen LogP contribution is -2.43. The van der Waals surface area contributed by atoms with Gasteiger partial charge in [0.25, 0.3) is 0 Å². The second-order valence-electron chi connectivity index (χ2n) is 7.07. The normalized spacial score (nSPS) is 12.6. The van der Waals surface area contributed by atoms with E-state index in [0.29, 0.717) is 35.5 Å². The molecule has 0 aromatic heterocycles. The molecule has 0 aliphatic carbocycles. The zero-order valence-corrected chi connectivity index (χ0v) is 16.1. The number of hydrogen-bond acceptors (Lipinski definition) is 4.